The van der Waals surface area contributed by atoms with Gasteiger partial charge in [0.1, 0.15) is 6.04 Å². The first-order valence-electron chi connectivity index (χ1n) is 7.78. The summed E-state index contributed by atoms with van der Waals surface area (Å²) in [6.07, 6.45) is 1.34. The van der Waals surface area contributed by atoms with Crippen LogP contribution in [0.15, 0.2) is 28.6 Å². The van der Waals surface area contributed by atoms with Crippen LogP contribution in [0.3, 0.4) is 0 Å². The summed E-state index contributed by atoms with van der Waals surface area (Å²) in [4.78, 5) is 12.7. The standard InChI is InChI=1S/C15H19ClN4O3S3/c1-4-12(13(21)17-14-18-19-15(25-14)24-5-2)20(26(3,22)23)11-8-6-7-10(16)9-11/h6-9,12H,4-5H2,1-3H3,(H,17,18,21)/t12-/m0/s1. The number of carbonyl (C=O) groups excluding carboxylic acids is 1. The molecule has 0 aliphatic rings. The van der Waals surface area contributed by atoms with E-state index in [1.807, 2.05) is 6.92 Å². The van der Waals surface area contributed by atoms with E-state index >= 15 is 0 Å². The first-order valence-corrected chi connectivity index (χ1v) is 11.8. The zero-order valence-corrected chi connectivity index (χ0v) is 17.7. The fourth-order valence-corrected chi connectivity index (χ4v) is 5.34. The maximum absolute atomic E-state index is 12.7. The lowest BCUT2D eigenvalue weighted by atomic mass is 10.2. The molecule has 0 bridgehead atoms. The fourth-order valence-electron chi connectivity index (χ4n) is 2.30. The third-order valence-electron chi connectivity index (χ3n) is 3.30. The molecule has 2 rings (SSSR count). The lowest BCUT2D eigenvalue weighted by Crippen LogP contribution is -2.47. The highest BCUT2D eigenvalue weighted by atomic mass is 35.5. The fraction of sp³-hybridized carbons (Fsp3) is 0.400. The molecule has 11 heteroatoms. The van der Waals surface area contributed by atoms with Crippen molar-refractivity contribution in [3.63, 3.8) is 0 Å². The maximum Gasteiger partial charge on any atom is 0.250 e. The molecule has 1 aromatic heterocycles. The monoisotopic (exact) mass is 434 g/mol. The van der Waals surface area contributed by atoms with E-state index in [2.05, 4.69) is 15.5 Å². The van der Waals surface area contributed by atoms with Crippen molar-refractivity contribution >= 4 is 61.4 Å². The van der Waals surface area contributed by atoms with Crippen LogP contribution in [0.25, 0.3) is 0 Å². The van der Waals surface area contributed by atoms with E-state index in [1.165, 1.54) is 29.2 Å². The summed E-state index contributed by atoms with van der Waals surface area (Å²) in [7, 11) is -3.71. The van der Waals surface area contributed by atoms with Crippen molar-refractivity contribution in [2.45, 2.75) is 30.6 Å². The number of nitrogens with one attached hydrogen (secondary N) is 1. The molecular weight excluding hydrogens is 416 g/mol. The van der Waals surface area contributed by atoms with E-state index in [-0.39, 0.29) is 6.42 Å². The molecule has 0 aliphatic carbocycles. The highest BCUT2D eigenvalue weighted by Crippen LogP contribution is 2.28. The number of hydrogen-bond acceptors (Lipinski definition) is 7. The SMILES string of the molecule is CCSc1nnc(NC(=O)[C@H](CC)N(c2cccc(Cl)c2)S(C)(=O)=O)s1. The molecule has 1 atom stereocenters. The summed E-state index contributed by atoms with van der Waals surface area (Å²) >= 11 is 8.76. The minimum absolute atomic E-state index is 0.279. The Kier molecular flexibility index (Phi) is 7.27. The van der Waals surface area contributed by atoms with Crippen LogP contribution in [0.2, 0.25) is 5.02 Å². The predicted molar refractivity (Wildman–Crippen MR) is 108 cm³/mol. The number of thioether (sulfide) groups is 1. The average molecular weight is 435 g/mol. The first-order chi connectivity index (χ1) is 12.3. The molecular formula is C15H19ClN4O3S3. The van der Waals surface area contributed by atoms with Crippen LogP contribution in [0.1, 0.15) is 20.3 Å². The Labute approximate surface area is 166 Å². The molecule has 0 saturated heterocycles. The van der Waals surface area contributed by atoms with Gasteiger partial charge in [0.2, 0.25) is 21.1 Å². The summed E-state index contributed by atoms with van der Waals surface area (Å²) in [6.45, 7) is 3.73. The maximum atomic E-state index is 12.7. The van der Waals surface area contributed by atoms with Gasteiger partial charge in [-0.25, -0.2) is 8.42 Å². The number of halogens is 1. The van der Waals surface area contributed by atoms with Crippen molar-refractivity contribution < 1.29 is 13.2 Å². The molecule has 0 fully saturated rings. The van der Waals surface area contributed by atoms with E-state index in [9.17, 15) is 13.2 Å². The second-order valence-electron chi connectivity index (χ2n) is 5.26. The lowest BCUT2D eigenvalue weighted by Gasteiger charge is -2.29. The molecule has 7 nitrogen and oxygen atoms in total. The highest BCUT2D eigenvalue weighted by molar-refractivity contribution is 8.01. The van der Waals surface area contributed by atoms with Gasteiger partial charge in [-0.05, 0) is 30.4 Å². The smallest absolute Gasteiger partial charge is 0.250 e. The Morgan fingerprint density at radius 1 is 1.38 bits per heavy atom. The lowest BCUT2D eigenvalue weighted by molar-refractivity contribution is -0.117. The molecule has 0 spiro atoms. The summed E-state index contributed by atoms with van der Waals surface area (Å²) in [5.74, 6) is 0.374. The van der Waals surface area contributed by atoms with E-state index in [0.29, 0.717) is 15.8 Å². The van der Waals surface area contributed by atoms with Crippen LogP contribution in [0, 0.1) is 0 Å². The number of hydrogen-bond donors (Lipinski definition) is 1. The van der Waals surface area contributed by atoms with Gasteiger partial charge in [-0.2, -0.15) is 0 Å². The predicted octanol–water partition coefficient (Wildman–Crippen LogP) is 3.49. The molecule has 1 heterocycles. The summed E-state index contributed by atoms with van der Waals surface area (Å²) < 4.78 is 26.5. The minimum Gasteiger partial charge on any atom is -0.299 e. The van der Waals surface area contributed by atoms with Crippen LogP contribution >= 0.6 is 34.7 Å². The number of sulfonamides is 1. The number of aromatic nitrogens is 2. The Bertz CT molecular complexity index is 873. The largest absolute Gasteiger partial charge is 0.299 e. The number of carbonyl (C=O) groups is 1. The van der Waals surface area contributed by atoms with Gasteiger partial charge in [-0.3, -0.25) is 14.4 Å². The number of amides is 1. The van der Waals surface area contributed by atoms with Crippen molar-refractivity contribution in [2.24, 2.45) is 0 Å². The second kappa shape index (κ2) is 9.03. The number of anilines is 2. The first kappa shape index (κ1) is 20.9. The summed E-state index contributed by atoms with van der Waals surface area (Å²) in [5, 5.41) is 11.3. The van der Waals surface area contributed by atoms with E-state index in [0.717, 1.165) is 20.7 Å². The van der Waals surface area contributed by atoms with Crippen molar-refractivity contribution in [1.29, 1.82) is 0 Å². The molecule has 142 valence electrons. The number of rotatable bonds is 8. The van der Waals surface area contributed by atoms with Crippen molar-refractivity contribution in [2.75, 3.05) is 21.6 Å². The van der Waals surface area contributed by atoms with Crippen molar-refractivity contribution in [1.82, 2.24) is 10.2 Å². The molecule has 0 aliphatic heterocycles. The average Bonchev–Trinajstić information content (AvgIpc) is 2.98. The van der Waals surface area contributed by atoms with Gasteiger partial charge in [-0.1, -0.05) is 54.6 Å². The second-order valence-corrected chi connectivity index (χ2v) is 10.0. The third kappa shape index (κ3) is 5.32. The zero-order chi connectivity index (χ0) is 19.3. The number of benzene rings is 1. The Morgan fingerprint density at radius 3 is 2.69 bits per heavy atom. The van der Waals surface area contributed by atoms with Gasteiger partial charge in [0.25, 0.3) is 0 Å². The normalized spacial score (nSPS) is 12.6. The molecule has 1 amide bonds. The highest BCUT2D eigenvalue weighted by Gasteiger charge is 2.32. The van der Waals surface area contributed by atoms with Crippen LogP contribution in [-0.4, -0.2) is 42.6 Å². The minimum atomic E-state index is -3.71. The Balaban J connectivity index is 2.30. The molecule has 2 aromatic rings. The molecule has 1 aromatic carbocycles. The molecule has 0 unspecified atom stereocenters. The van der Waals surface area contributed by atoms with E-state index in [1.54, 1.807) is 25.1 Å². The van der Waals surface area contributed by atoms with Gasteiger partial charge in [-0.15, -0.1) is 10.2 Å². The third-order valence-corrected chi connectivity index (χ3v) is 6.57. The van der Waals surface area contributed by atoms with E-state index in [4.69, 9.17) is 11.6 Å². The van der Waals surface area contributed by atoms with Gasteiger partial charge < -0.3 is 0 Å². The van der Waals surface area contributed by atoms with Gasteiger partial charge in [0, 0.05) is 5.02 Å². The molecule has 0 saturated carbocycles. The molecule has 26 heavy (non-hydrogen) atoms. The van der Waals surface area contributed by atoms with Gasteiger partial charge >= 0.3 is 0 Å². The van der Waals surface area contributed by atoms with Gasteiger partial charge in [0.05, 0.1) is 11.9 Å². The topological polar surface area (TPSA) is 92.3 Å². The molecule has 0 radical (unpaired) electrons. The van der Waals surface area contributed by atoms with Crippen LogP contribution < -0.4 is 9.62 Å². The van der Waals surface area contributed by atoms with Crippen LogP contribution in [0.4, 0.5) is 10.8 Å². The summed E-state index contributed by atoms with van der Waals surface area (Å²) in [6, 6.07) is 5.46. The Morgan fingerprint density at radius 2 is 2.12 bits per heavy atom. The molecule has 1 N–H and O–H groups in total. The van der Waals surface area contributed by atoms with Crippen LogP contribution in [-0.2, 0) is 14.8 Å². The van der Waals surface area contributed by atoms with Gasteiger partial charge in [0.15, 0.2) is 4.34 Å². The zero-order valence-electron chi connectivity index (χ0n) is 14.5. The Hall–Kier alpha value is -1.36. The van der Waals surface area contributed by atoms with Crippen LogP contribution in [0.5, 0.6) is 0 Å². The van der Waals surface area contributed by atoms with Crippen molar-refractivity contribution in [3.8, 4) is 0 Å². The van der Waals surface area contributed by atoms with Crippen molar-refractivity contribution in [3.05, 3.63) is 29.3 Å². The quantitative estimate of drug-likeness (QED) is 0.505. The number of nitrogens with zero attached hydrogens (tertiary/aromatic N) is 3. The van der Waals surface area contributed by atoms with E-state index < -0.39 is 22.0 Å². The summed E-state index contributed by atoms with van der Waals surface area (Å²) in [5.41, 5.74) is 0.335.